The second kappa shape index (κ2) is 4.99. The molecule has 5 nitrogen and oxygen atoms in total. The molecule has 0 unspecified atom stereocenters. The van der Waals surface area contributed by atoms with E-state index < -0.39 is 11.7 Å². The number of ether oxygens (including phenoxy) is 2. The highest BCUT2D eigenvalue weighted by Gasteiger charge is 2.25. The van der Waals surface area contributed by atoms with Gasteiger partial charge >= 0.3 is 6.09 Å². The normalized spacial score (nSPS) is 18.2. The van der Waals surface area contributed by atoms with Gasteiger partial charge in [-0.1, -0.05) is 0 Å². The SMILES string of the molecule is CC(C)(C)OC(=O)N[C@@H]1CCOc2ccc(O)cc21. The number of phenols is 1. The Labute approximate surface area is 112 Å². The summed E-state index contributed by atoms with van der Waals surface area (Å²) < 4.78 is 10.7. The first kappa shape index (κ1) is 13.5. The molecule has 0 saturated carbocycles. The van der Waals surface area contributed by atoms with Crippen LogP contribution in [0, 0.1) is 0 Å². The van der Waals surface area contributed by atoms with E-state index in [0.29, 0.717) is 18.8 Å². The number of carbonyl (C=O) groups excluding carboxylic acids is 1. The standard InChI is InChI=1S/C14H19NO4/c1-14(2,3)19-13(17)15-11-6-7-18-12-5-4-9(16)8-10(11)12/h4-5,8,11,16H,6-7H2,1-3H3,(H,15,17)/t11-/m1/s1. The van der Waals surface area contributed by atoms with Crippen LogP contribution in [0.4, 0.5) is 4.79 Å². The number of fused-ring (bicyclic) bond motifs is 1. The van der Waals surface area contributed by atoms with Crippen LogP contribution >= 0.6 is 0 Å². The number of rotatable bonds is 1. The van der Waals surface area contributed by atoms with Crippen molar-refractivity contribution in [2.75, 3.05) is 6.61 Å². The van der Waals surface area contributed by atoms with Gasteiger partial charge in [-0.15, -0.1) is 0 Å². The lowest BCUT2D eigenvalue weighted by Crippen LogP contribution is -2.36. The summed E-state index contributed by atoms with van der Waals surface area (Å²) in [5.74, 6) is 0.838. The Balaban J connectivity index is 2.11. The van der Waals surface area contributed by atoms with Crippen LogP contribution in [0.3, 0.4) is 0 Å². The molecule has 1 amide bonds. The second-order valence-corrected chi connectivity index (χ2v) is 5.56. The molecule has 1 heterocycles. The van der Waals surface area contributed by atoms with E-state index in [4.69, 9.17) is 9.47 Å². The number of hydrogen-bond acceptors (Lipinski definition) is 4. The molecule has 19 heavy (non-hydrogen) atoms. The van der Waals surface area contributed by atoms with Crippen molar-refractivity contribution in [3.63, 3.8) is 0 Å². The van der Waals surface area contributed by atoms with Gasteiger partial charge in [-0.3, -0.25) is 0 Å². The first-order valence-electron chi connectivity index (χ1n) is 6.30. The smallest absolute Gasteiger partial charge is 0.408 e. The number of aromatic hydroxyl groups is 1. The van der Waals surface area contributed by atoms with Gasteiger partial charge in [0.2, 0.25) is 0 Å². The molecule has 0 aliphatic carbocycles. The number of amides is 1. The fourth-order valence-electron chi connectivity index (χ4n) is 1.98. The quantitative estimate of drug-likeness (QED) is 0.819. The highest BCUT2D eigenvalue weighted by Crippen LogP contribution is 2.34. The summed E-state index contributed by atoms with van der Waals surface area (Å²) in [4.78, 5) is 11.8. The molecule has 0 spiro atoms. The van der Waals surface area contributed by atoms with E-state index in [1.807, 2.05) is 20.8 Å². The van der Waals surface area contributed by atoms with Gasteiger partial charge in [-0.2, -0.15) is 0 Å². The second-order valence-electron chi connectivity index (χ2n) is 5.56. The Morgan fingerprint density at radius 2 is 2.21 bits per heavy atom. The molecule has 1 aromatic carbocycles. The molecule has 1 aromatic rings. The number of phenolic OH excluding ortho intramolecular Hbond substituents is 1. The van der Waals surface area contributed by atoms with Gasteiger partial charge in [0.25, 0.3) is 0 Å². The van der Waals surface area contributed by atoms with Gasteiger partial charge < -0.3 is 19.9 Å². The summed E-state index contributed by atoms with van der Waals surface area (Å²) >= 11 is 0. The van der Waals surface area contributed by atoms with E-state index >= 15 is 0 Å². The fraction of sp³-hybridized carbons (Fsp3) is 0.500. The summed E-state index contributed by atoms with van der Waals surface area (Å²) in [6.45, 7) is 5.97. The van der Waals surface area contributed by atoms with Crippen molar-refractivity contribution in [3.8, 4) is 11.5 Å². The van der Waals surface area contributed by atoms with E-state index in [9.17, 15) is 9.90 Å². The van der Waals surface area contributed by atoms with E-state index in [2.05, 4.69) is 5.32 Å². The van der Waals surface area contributed by atoms with Gasteiger partial charge in [0.15, 0.2) is 0 Å². The Bertz CT molecular complexity index is 479. The summed E-state index contributed by atoms with van der Waals surface area (Å²) in [6.07, 6.45) is 0.184. The highest BCUT2D eigenvalue weighted by atomic mass is 16.6. The van der Waals surface area contributed by atoms with E-state index in [-0.39, 0.29) is 11.8 Å². The summed E-state index contributed by atoms with van der Waals surface area (Å²) in [5, 5.41) is 12.3. The Hall–Kier alpha value is -1.91. The predicted octanol–water partition coefficient (Wildman–Crippen LogP) is 2.74. The number of hydrogen-bond donors (Lipinski definition) is 2. The van der Waals surface area contributed by atoms with Crippen LogP contribution in [0.1, 0.15) is 38.8 Å². The third-order valence-electron chi connectivity index (χ3n) is 2.72. The molecule has 1 atom stereocenters. The molecule has 2 N–H and O–H groups in total. The minimum Gasteiger partial charge on any atom is -0.508 e. The maximum Gasteiger partial charge on any atom is 0.408 e. The van der Waals surface area contributed by atoms with Crippen LogP contribution in [-0.2, 0) is 4.74 Å². The molecule has 1 aliphatic rings. The Kier molecular flexibility index (Phi) is 3.55. The highest BCUT2D eigenvalue weighted by molar-refractivity contribution is 5.68. The topological polar surface area (TPSA) is 67.8 Å². The monoisotopic (exact) mass is 265 g/mol. The van der Waals surface area contributed by atoms with Crippen LogP contribution in [0.2, 0.25) is 0 Å². The molecule has 5 heteroatoms. The van der Waals surface area contributed by atoms with E-state index in [1.165, 1.54) is 0 Å². The van der Waals surface area contributed by atoms with Crippen LogP contribution in [0.25, 0.3) is 0 Å². The molecular formula is C14H19NO4. The molecular weight excluding hydrogens is 246 g/mol. The molecule has 0 radical (unpaired) electrons. The predicted molar refractivity (Wildman–Crippen MR) is 70.3 cm³/mol. The zero-order chi connectivity index (χ0) is 14.0. The zero-order valence-electron chi connectivity index (χ0n) is 11.4. The van der Waals surface area contributed by atoms with Crippen LogP contribution in [-0.4, -0.2) is 23.4 Å². The van der Waals surface area contributed by atoms with E-state index in [0.717, 1.165) is 5.56 Å². The molecule has 104 valence electrons. The third kappa shape index (κ3) is 3.53. The van der Waals surface area contributed by atoms with Gasteiger partial charge in [-0.05, 0) is 39.0 Å². The Morgan fingerprint density at radius 1 is 1.47 bits per heavy atom. The number of nitrogens with one attached hydrogen (secondary N) is 1. The van der Waals surface area contributed by atoms with E-state index in [1.54, 1.807) is 18.2 Å². The minimum atomic E-state index is -0.531. The lowest BCUT2D eigenvalue weighted by Gasteiger charge is -2.28. The first-order valence-corrected chi connectivity index (χ1v) is 6.30. The fourth-order valence-corrected chi connectivity index (χ4v) is 1.98. The summed E-state index contributed by atoms with van der Waals surface area (Å²) in [6, 6.07) is 4.67. The van der Waals surface area contributed by atoms with Crippen molar-refractivity contribution in [1.82, 2.24) is 5.32 Å². The van der Waals surface area contributed by atoms with Crippen molar-refractivity contribution in [2.45, 2.75) is 38.8 Å². The van der Waals surface area contributed by atoms with Crippen molar-refractivity contribution >= 4 is 6.09 Å². The van der Waals surface area contributed by atoms with Crippen molar-refractivity contribution in [1.29, 1.82) is 0 Å². The number of carbonyl (C=O) groups is 1. The largest absolute Gasteiger partial charge is 0.508 e. The molecule has 0 bridgehead atoms. The number of benzene rings is 1. The van der Waals surface area contributed by atoms with Gasteiger partial charge in [0, 0.05) is 12.0 Å². The van der Waals surface area contributed by atoms with Crippen molar-refractivity contribution in [3.05, 3.63) is 23.8 Å². The zero-order valence-corrected chi connectivity index (χ0v) is 11.4. The third-order valence-corrected chi connectivity index (χ3v) is 2.72. The van der Waals surface area contributed by atoms with Crippen LogP contribution in [0.5, 0.6) is 11.5 Å². The Morgan fingerprint density at radius 3 is 2.89 bits per heavy atom. The molecule has 1 aliphatic heterocycles. The van der Waals surface area contributed by atoms with Crippen molar-refractivity contribution in [2.24, 2.45) is 0 Å². The summed E-state index contributed by atoms with van der Waals surface area (Å²) in [7, 11) is 0. The van der Waals surface area contributed by atoms with Gasteiger partial charge in [0.05, 0.1) is 12.6 Å². The van der Waals surface area contributed by atoms with Gasteiger partial charge in [0.1, 0.15) is 17.1 Å². The van der Waals surface area contributed by atoms with Crippen LogP contribution < -0.4 is 10.1 Å². The average Bonchev–Trinajstić information content (AvgIpc) is 2.27. The summed E-state index contributed by atoms with van der Waals surface area (Å²) in [5.41, 5.74) is 0.244. The molecule has 2 rings (SSSR count). The maximum atomic E-state index is 11.8. The van der Waals surface area contributed by atoms with Crippen LogP contribution in [0.15, 0.2) is 18.2 Å². The molecule has 0 aromatic heterocycles. The van der Waals surface area contributed by atoms with Gasteiger partial charge in [-0.25, -0.2) is 4.79 Å². The number of alkyl carbamates (subject to hydrolysis) is 1. The minimum absolute atomic E-state index is 0.153. The molecule has 0 fully saturated rings. The molecule has 0 saturated heterocycles. The lowest BCUT2D eigenvalue weighted by molar-refractivity contribution is 0.0491. The van der Waals surface area contributed by atoms with Crippen molar-refractivity contribution < 1.29 is 19.4 Å². The first-order chi connectivity index (χ1) is 8.85. The average molecular weight is 265 g/mol. The lowest BCUT2D eigenvalue weighted by atomic mass is 10.0. The maximum absolute atomic E-state index is 11.8.